The summed E-state index contributed by atoms with van der Waals surface area (Å²) < 4.78 is 10.2. The van der Waals surface area contributed by atoms with Crippen LogP contribution in [0.15, 0.2) is 30.3 Å². The number of amides is 2. The van der Waals surface area contributed by atoms with Gasteiger partial charge in [-0.25, -0.2) is 0 Å². The van der Waals surface area contributed by atoms with E-state index in [1.807, 2.05) is 44.2 Å². The maximum Gasteiger partial charge on any atom is 0.246 e. The Morgan fingerprint density at radius 1 is 1.00 bits per heavy atom. The fourth-order valence-corrected chi connectivity index (χ4v) is 2.02. The molecule has 0 aliphatic rings. The van der Waals surface area contributed by atoms with Crippen LogP contribution < -0.4 is 10.6 Å². The van der Waals surface area contributed by atoms with Crippen LogP contribution in [0.1, 0.15) is 19.4 Å². The van der Waals surface area contributed by atoms with Gasteiger partial charge in [0.25, 0.3) is 0 Å². The van der Waals surface area contributed by atoms with Crippen molar-refractivity contribution in [2.24, 2.45) is 0 Å². The molecule has 6 nitrogen and oxygen atoms in total. The summed E-state index contributed by atoms with van der Waals surface area (Å²) in [6.07, 6.45) is 0.633. The second-order valence-corrected chi connectivity index (χ2v) is 5.03. The van der Waals surface area contributed by atoms with Crippen molar-refractivity contribution in [2.45, 2.75) is 26.3 Å². The molecule has 0 saturated heterocycles. The molecule has 128 valence electrons. The molecule has 0 saturated carbocycles. The average Bonchev–Trinajstić information content (AvgIpc) is 2.56. The summed E-state index contributed by atoms with van der Waals surface area (Å²) in [5.41, 5.74) is 1.09. The highest BCUT2D eigenvalue weighted by molar-refractivity contribution is 5.78. The molecular weight excluding hydrogens is 296 g/mol. The van der Waals surface area contributed by atoms with E-state index in [9.17, 15) is 9.59 Å². The van der Waals surface area contributed by atoms with Crippen molar-refractivity contribution in [1.82, 2.24) is 10.6 Å². The van der Waals surface area contributed by atoms with E-state index in [0.717, 1.165) is 5.56 Å². The molecular formula is C17H26N2O4. The highest BCUT2D eigenvalue weighted by Gasteiger charge is 2.14. The first kappa shape index (κ1) is 19.1. The van der Waals surface area contributed by atoms with Crippen molar-refractivity contribution in [3.8, 4) is 0 Å². The Hall–Kier alpha value is -1.92. The van der Waals surface area contributed by atoms with Crippen LogP contribution in [0.2, 0.25) is 0 Å². The molecule has 0 bridgehead atoms. The fourth-order valence-electron chi connectivity index (χ4n) is 2.02. The van der Waals surface area contributed by atoms with Gasteiger partial charge in [-0.15, -0.1) is 0 Å². The molecule has 0 fully saturated rings. The van der Waals surface area contributed by atoms with Gasteiger partial charge in [0.1, 0.15) is 13.2 Å². The zero-order valence-electron chi connectivity index (χ0n) is 13.8. The lowest BCUT2D eigenvalue weighted by atomic mass is 10.1. The molecule has 0 aromatic heterocycles. The van der Waals surface area contributed by atoms with Crippen molar-refractivity contribution >= 4 is 11.8 Å². The molecule has 0 aliphatic carbocycles. The third-order valence-electron chi connectivity index (χ3n) is 3.11. The minimum Gasteiger partial charge on any atom is -0.372 e. The number of ether oxygens (including phenoxy) is 2. The van der Waals surface area contributed by atoms with Gasteiger partial charge in [0.2, 0.25) is 11.8 Å². The number of hydrogen-bond acceptors (Lipinski definition) is 4. The molecule has 0 radical (unpaired) electrons. The van der Waals surface area contributed by atoms with Crippen LogP contribution in [0.25, 0.3) is 0 Å². The summed E-state index contributed by atoms with van der Waals surface area (Å²) in [7, 11) is 0. The van der Waals surface area contributed by atoms with Crippen molar-refractivity contribution in [3.05, 3.63) is 35.9 Å². The molecule has 1 aromatic carbocycles. The second kappa shape index (κ2) is 11.6. The summed E-state index contributed by atoms with van der Waals surface area (Å²) in [5, 5.41) is 5.67. The van der Waals surface area contributed by atoms with Crippen molar-refractivity contribution < 1.29 is 19.1 Å². The summed E-state index contributed by atoms with van der Waals surface area (Å²) in [6.45, 7) is 5.05. The number of benzene rings is 1. The SMILES string of the molecule is CCOCC(=O)NC[C@@H](Cc1ccccc1)NC(=O)COCC. The second-order valence-electron chi connectivity index (χ2n) is 5.03. The van der Waals surface area contributed by atoms with Crippen molar-refractivity contribution in [2.75, 3.05) is 33.0 Å². The van der Waals surface area contributed by atoms with Gasteiger partial charge in [0.15, 0.2) is 0 Å². The number of nitrogens with one attached hydrogen (secondary N) is 2. The third-order valence-corrected chi connectivity index (χ3v) is 3.11. The van der Waals surface area contributed by atoms with Gasteiger partial charge in [-0.05, 0) is 25.8 Å². The van der Waals surface area contributed by atoms with E-state index < -0.39 is 0 Å². The predicted octanol–water partition coefficient (Wildman–Crippen LogP) is 0.903. The molecule has 2 N–H and O–H groups in total. The van der Waals surface area contributed by atoms with E-state index in [-0.39, 0.29) is 31.1 Å². The maximum absolute atomic E-state index is 11.8. The standard InChI is InChI=1S/C17H26N2O4/c1-3-22-12-16(20)18-11-15(19-17(21)13-23-4-2)10-14-8-6-5-7-9-14/h5-9,15H,3-4,10-13H2,1-2H3,(H,18,20)(H,19,21)/t15-/m1/s1. The zero-order valence-corrected chi connectivity index (χ0v) is 13.8. The quantitative estimate of drug-likeness (QED) is 0.635. The van der Waals surface area contributed by atoms with Gasteiger partial charge >= 0.3 is 0 Å². The van der Waals surface area contributed by atoms with Crippen LogP contribution in [0.4, 0.5) is 0 Å². The van der Waals surface area contributed by atoms with Gasteiger partial charge in [-0.1, -0.05) is 30.3 Å². The Kier molecular flexibility index (Phi) is 9.66. The summed E-state index contributed by atoms with van der Waals surface area (Å²) in [6, 6.07) is 9.61. The highest BCUT2D eigenvalue weighted by Crippen LogP contribution is 2.03. The lowest BCUT2D eigenvalue weighted by Gasteiger charge is -2.19. The zero-order chi connectivity index (χ0) is 16.9. The Bertz CT molecular complexity index is 465. The van der Waals surface area contributed by atoms with Gasteiger partial charge in [-0.2, -0.15) is 0 Å². The maximum atomic E-state index is 11.8. The topological polar surface area (TPSA) is 76.7 Å². The molecule has 0 spiro atoms. The minimum absolute atomic E-state index is 0.0225. The number of rotatable bonds is 11. The van der Waals surface area contributed by atoms with Gasteiger partial charge in [0.05, 0.1) is 6.04 Å². The van der Waals surface area contributed by atoms with Crippen LogP contribution in [0.3, 0.4) is 0 Å². The van der Waals surface area contributed by atoms with Crippen LogP contribution >= 0.6 is 0 Å². The van der Waals surface area contributed by atoms with E-state index >= 15 is 0 Å². The molecule has 2 amide bonds. The molecule has 1 aromatic rings. The van der Waals surface area contributed by atoms with Crippen LogP contribution in [-0.2, 0) is 25.5 Å². The average molecular weight is 322 g/mol. The fraction of sp³-hybridized carbons (Fsp3) is 0.529. The Morgan fingerprint density at radius 2 is 1.61 bits per heavy atom. The highest BCUT2D eigenvalue weighted by atomic mass is 16.5. The largest absolute Gasteiger partial charge is 0.372 e. The molecule has 0 heterocycles. The molecule has 1 atom stereocenters. The summed E-state index contributed by atoms with van der Waals surface area (Å²) >= 11 is 0. The Labute approximate surface area is 137 Å². The van der Waals surface area contributed by atoms with Crippen LogP contribution in [0, 0.1) is 0 Å². The number of hydrogen-bond donors (Lipinski definition) is 2. The van der Waals surface area contributed by atoms with E-state index in [0.29, 0.717) is 26.2 Å². The Balaban J connectivity index is 2.53. The smallest absolute Gasteiger partial charge is 0.246 e. The molecule has 0 unspecified atom stereocenters. The first-order chi connectivity index (χ1) is 11.2. The first-order valence-corrected chi connectivity index (χ1v) is 7.91. The van der Waals surface area contributed by atoms with Crippen molar-refractivity contribution in [3.63, 3.8) is 0 Å². The van der Waals surface area contributed by atoms with E-state index in [1.165, 1.54) is 0 Å². The lowest BCUT2D eigenvalue weighted by molar-refractivity contribution is -0.128. The van der Waals surface area contributed by atoms with E-state index in [4.69, 9.17) is 9.47 Å². The monoisotopic (exact) mass is 322 g/mol. The summed E-state index contributed by atoms with van der Waals surface area (Å²) in [4.78, 5) is 23.5. The normalized spacial score (nSPS) is 11.7. The van der Waals surface area contributed by atoms with Gasteiger partial charge in [-0.3, -0.25) is 9.59 Å². The van der Waals surface area contributed by atoms with Crippen molar-refractivity contribution in [1.29, 1.82) is 0 Å². The Morgan fingerprint density at radius 3 is 2.22 bits per heavy atom. The number of carbonyl (C=O) groups excluding carboxylic acids is 2. The molecule has 23 heavy (non-hydrogen) atoms. The van der Waals surface area contributed by atoms with Crippen LogP contribution in [0.5, 0.6) is 0 Å². The minimum atomic E-state index is -0.198. The molecule has 1 rings (SSSR count). The van der Waals surface area contributed by atoms with Crippen LogP contribution in [-0.4, -0.2) is 50.8 Å². The van der Waals surface area contributed by atoms with E-state index in [1.54, 1.807) is 0 Å². The molecule has 0 aliphatic heterocycles. The first-order valence-electron chi connectivity index (χ1n) is 7.91. The predicted molar refractivity (Wildman–Crippen MR) is 88.1 cm³/mol. The lowest BCUT2D eigenvalue weighted by Crippen LogP contribution is -2.46. The van der Waals surface area contributed by atoms with Gasteiger partial charge in [0, 0.05) is 19.8 Å². The third kappa shape index (κ3) is 8.95. The summed E-state index contributed by atoms with van der Waals surface area (Å²) in [5.74, 6) is -0.379. The van der Waals surface area contributed by atoms with Gasteiger partial charge < -0.3 is 20.1 Å². The number of carbonyl (C=O) groups is 2. The molecule has 6 heteroatoms. The van der Waals surface area contributed by atoms with E-state index in [2.05, 4.69) is 10.6 Å².